The molecule has 0 radical (unpaired) electrons. The normalized spacial score (nSPS) is 21.5. The second-order valence-corrected chi connectivity index (χ2v) is 5.29. The Morgan fingerprint density at radius 2 is 1.53 bits per heavy atom. The summed E-state index contributed by atoms with van der Waals surface area (Å²) in [5.41, 5.74) is 3.80. The van der Waals surface area contributed by atoms with E-state index in [-0.39, 0.29) is 0 Å². The van der Waals surface area contributed by atoms with Crippen molar-refractivity contribution in [2.45, 2.75) is 18.3 Å². The first-order valence-corrected chi connectivity index (χ1v) is 6.82. The zero-order valence-electron chi connectivity index (χ0n) is 10.7. The molecule has 1 aromatic heterocycles. The first-order chi connectivity index (χ1) is 9.42. The molecule has 2 aromatic carbocycles. The molecular formula is C18H15N. The van der Waals surface area contributed by atoms with Crippen molar-refractivity contribution in [2.24, 2.45) is 0 Å². The van der Waals surface area contributed by atoms with Gasteiger partial charge in [0.15, 0.2) is 0 Å². The van der Waals surface area contributed by atoms with E-state index in [1.54, 1.807) is 0 Å². The number of benzene rings is 2. The standard InChI is InChI=1S/C18H15N/c1-2-6-13(7-3-1)15-12-16(15)18-11-10-14-8-4-5-9-17(14)19-18/h1-11,15-16H,12H2/t15-,16+/m1/s1. The summed E-state index contributed by atoms with van der Waals surface area (Å²) in [4.78, 5) is 4.81. The van der Waals surface area contributed by atoms with Gasteiger partial charge in [-0.05, 0) is 30.0 Å². The van der Waals surface area contributed by atoms with Crippen LogP contribution in [0.2, 0.25) is 0 Å². The molecular weight excluding hydrogens is 230 g/mol. The molecule has 0 bridgehead atoms. The molecule has 0 spiro atoms. The van der Waals surface area contributed by atoms with Crippen molar-refractivity contribution >= 4 is 10.9 Å². The molecule has 0 unspecified atom stereocenters. The van der Waals surface area contributed by atoms with Crippen molar-refractivity contribution in [1.82, 2.24) is 4.98 Å². The van der Waals surface area contributed by atoms with Crippen LogP contribution in [0.5, 0.6) is 0 Å². The third-order valence-electron chi connectivity index (χ3n) is 4.02. The van der Waals surface area contributed by atoms with Gasteiger partial charge in [0.1, 0.15) is 0 Å². The molecule has 4 rings (SSSR count). The molecule has 1 saturated carbocycles. The molecule has 1 heteroatoms. The van der Waals surface area contributed by atoms with Crippen molar-refractivity contribution in [3.8, 4) is 0 Å². The average Bonchev–Trinajstić information content (AvgIpc) is 3.28. The fourth-order valence-electron chi connectivity index (χ4n) is 2.88. The van der Waals surface area contributed by atoms with E-state index in [9.17, 15) is 0 Å². The number of hydrogen-bond acceptors (Lipinski definition) is 1. The van der Waals surface area contributed by atoms with Gasteiger partial charge in [-0.1, -0.05) is 54.6 Å². The Morgan fingerprint density at radius 3 is 2.42 bits per heavy atom. The quantitative estimate of drug-likeness (QED) is 0.647. The molecule has 0 N–H and O–H groups in total. The molecule has 19 heavy (non-hydrogen) atoms. The lowest BCUT2D eigenvalue weighted by atomic mass is 10.1. The average molecular weight is 245 g/mol. The van der Waals surface area contributed by atoms with Gasteiger partial charge in [-0.3, -0.25) is 4.98 Å². The molecule has 1 aliphatic carbocycles. The fraction of sp³-hybridized carbons (Fsp3) is 0.167. The predicted octanol–water partition coefficient (Wildman–Crippen LogP) is 4.51. The molecule has 1 aliphatic rings. The summed E-state index contributed by atoms with van der Waals surface area (Å²) in [6.45, 7) is 0. The molecule has 3 aromatic rings. The highest BCUT2D eigenvalue weighted by atomic mass is 14.7. The number of hydrogen-bond donors (Lipinski definition) is 0. The number of rotatable bonds is 2. The number of fused-ring (bicyclic) bond motifs is 1. The van der Waals surface area contributed by atoms with Crippen LogP contribution in [0.4, 0.5) is 0 Å². The van der Waals surface area contributed by atoms with Crippen LogP contribution in [0, 0.1) is 0 Å². The Morgan fingerprint density at radius 1 is 0.737 bits per heavy atom. The Hall–Kier alpha value is -2.15. The molecule has 0 saturated heterocycles. The van der Waals surface area contributed by atoms with Gasteiger partial charge < -0.3 is 0 Å². The van der Waals surface area contributed by atoms with Crippen LogP contribution in [0.3, 0.4) is 0 Å². The van der Waals surface area contributed by atoms with E-state index in [0.29, 0.717) is 11.8 Å². The largest absolute Gasteiger partial charge is 0.253 e. The molecule has 1 nitrogen and oxygen atoms in total. The van der Waals surface area contributed by atoms with Gasteiger partial charge >= 0.3 is 0 Å². The number of para-hydroxylation sites is 1. The van der Waals surface area contributed by atoms with E-state index >= 15 is 0 Å². The van der Waals surface area contributed by atoms with E-state index in [0.717, 1.165) is 5.52 Å². The van der Waals surface area contributed by atoms with Crippen molar-refractivity contribution < 1.29 is 0 Å². The minimum Gasteiger partial charge on any atom is -0.253 e. The summed E-state index contributed by atoms with van der Waals surface area (Å²) < 4.78 is 0. The Labute approximate surface area is 112 Å². The molecule has 2 atom stereocenters. The maximum absolute atomic E-state index is 4.81. The van der Waals surface area contributed by atoms with Crippen LogP contribution >= 0.6 is 0 Å². The monoisotopic (exact) mass is 245 g/mol. The second-order valence-electron chi connectivity index (χ2n) is 5.29. The topological polar surface area (TPSA) is 12.9 Å². The Kier molecular flexibility index (Phi) is 2.37. The zero-order valence-corrected chi connectivity index (χ0v) is 10.7. The zero-order chi connectivity index (χ0) is 12.7. The summed E-state index contributed by atoms with van der Waals surface area (Å²) in [5.74, 6) is 1.27. The number of nitrogens with zero attached hydrogens (tertiary/aromatic N) is 1. The smallest absolute Gasteiger partial charge is 0.0705 e. The van der Waals surface area contributed by atoms with Gasteiger partial charge in [0.05, 0.1) is 5.52 Å². The lowest BCUT2D eigenvalue weighted by Gasteiger charge is -2.03. The predicted molar refractivity (Wildman–Crippen MR) is 78.3 cm³/mol. The molecule has 92 valence electrons. The van der Waals surface area contributed by atoms with Crippen molar-refractivity contribution in [3.05, 3.63) is 78.0 Å². The van der Waals surface area contributed by atoms with Crippen molar-refractivity contribution in [1.29, 1.82) is 0 Å². The van der Waals surface area contributed by atoms with E-state index < -0.39 is 0 Å². The SMILES string of the molecule is c1ccc([C@H]2C[C@@H]2c2ccc3ccccc3n2)cc1. The Bertz CT molecular complexity index is 718. The summed E-state index contributed by atoms with van der Waals surface area (Å²) in [6, 6.07) is 23.5. The highest BCUT2D eigenvalue weighted by Gasteiger charge is 2.40. The first kappa shape index (κ1) is 10.7. The lowest BCUT2D eigenvalue weighted by Crippen LogP contribution is -1.89. The molecule has 0 amide bonds. The van der Waals surface area contributed by atoms with Crippen LogP contribution in [0.25, 0.3) is 10.9 Å². The number of aromatic nitrogens is 1. The minimum absolute atomic E-state index is 0.604. The summed E-state index contributed by atoms with van der Waals surface area (Å²) in [5, 5.41) is 1.23. The van der Waals surface area contributed by atoms with Gasteiger partial charge in [-0.2, -0.15) is 0 Å². The van der Waals surface area contributed by atoms with Crippen molar-refractivity contribution in [3.63, 3.8) is 0 Å². The van der Waals surface area contributed by atoms with Crippen LogP contribution in [0.15, 0.2) is 66.7 Å². The van der Waals surface area contributed by atoms with Gasteiger partial charge in [-0.25, -0.2) is 0 Å². The molecule has 1 fully saturated rings. The van der Waals surface area contributed by atoms with Crippen LogP contribution in [-0.4, -0.2) is 4.98 Å². The van der Waals surface area contributed by atoms with E-state index in [4.69, 9.17) is 4.98 Å². The summed E-state index contributed by atoms with van der Waals surface area (Å²) >= 11 is 0. The van der Waals surface area contributed by atoms with Gasteiger partial charge in [-0.15, -0.1) is 0 Å². The maximum atomic E-state index is 4.81. The molecule has 0 aliphatic heterocycles. The number of pyridine rings is 1. The summed E-state index contributed by atoms with van der Waals surface area (Å²) in [7, 11) is 0. The summed E-state index contributed by atoms with van der Waals surface area (Å²) in [6.07, 6.45) is 1.23. The highest BCUT2D eigenvalue weighted by molar-refractivity contribution is 5.78. The van der Waals surface area contributed by atoms with Crippen LogP contribution < -0.4 is 0 Å². The van der Waals surface area contributed by atoms with Crippen LogP contribution in [0.1, 0.15) is 29.5 Å². The first-order valence-electron chi connectivity index (χ1n) is 6.82. The van der Waals surface area contributed by atoms with E-state index in [1.807, 2.05) is 0 Å². The van der Waals surface area contributed by atoms with Crippen LogP contribution in [-0.2, 0) is 0 Å². The highest BCUT2D eigenvalue weighted by Crippen LogP contribution is 2.54. The van der Waals surface area contributed by atoms with Gasteiger partial charge in [0, 0.05) is 17.0 Å². The van der Waals surface area contributed by atoms with Gasteiger partial charge in [0.2, 0.25) is 0 Å². The third kappa shape index (κ3) is 1.91. The van der Waals surface area contributed by atoms with Crippen molar-refractivity contribution in [2.75, 3.05) is 0 Å². The third-order valence-corrected chi connectivity index (χ3v) is 4.02. The van der Waals surface area contributed by atoms with E-state index in [2.05, 4.69) is 66.7 Å². The van der Waals surface area contributed by atoms with Gasteiger partial charge in [0.25, 0.3) is 0 Å². The maximum Gasteiger partial charge on any atom is 0.0705 e. The second kappa shape index (κ2) is 4.20. The lowest BCUT2D eigenvalue weighted by molar-refractivity contribution is 0.979. The minimum atomic E-state index is 0.604. The fourth-order valence-corrected chi connectivity index (χ4v) is 2.88. The van der Waals surface area contributed by atoms with E-state index in [1.165, 1.54) is 23.1 Å². The Balaban J connectivity index is 1.66. The molecule has 1 heterocycles.